The quantitative estimate of drug-likeness (QED) is 0.674. The van der Waals surface area contributed by atoms with Crippen LogP contribution in [0.15, 0.2) is 28.6 Å². The second-order valence-electron chi connectivity index (χ2n) is 7.39. The Hall–Kier alpha value is -2.85. The average Bonchev–Trinajstić information content (AvgIpc) is 3.37. The number of hydrogen-bond acceptors (Lipinski definition) is 7. The van der Waals surface area contributed by atoms with Crippen molar-refractivity contribution in [1.29, 1.82) is 0 Å². The fourth-order valence-corrected chi connectivity index (χ4v) is 4.91. The Morgan fingerprint density at radius 3 is 2.97 bits per heavy atom. The summed E-state index contributed by atoms with van der Waals surface area (Å²) >= 11 is 1.28. The first-order valence-corrected chi connectivity index (χ1v) is 10.3. The van der Waals surface area contributed by atoms with Gasteiger partial charge in [0.25, 0.3) is 0 Å². The molecule has 5 heterocycles. The first kappa shape index (κ1) is 18.2. The Morgan fingerprint density at radius 1 is 1.38 bits per heavy atom. The monoisotopic (exact) mass is 415 g/mol. The SMILES string of the molecule is O=C(O)c1cn(-c2nccs2)c2nc(N3C[C@@H]4CCCN[C@@H]4C3)c(F)cc2c1=O. The molecule has 2 aliphatic heterocycles. The van der Waals surface area contributed by atoms with Gasteiger partial charge in [0, 0.05) is 36.9 Å². The predicted octanol–water partition coefficient (Wildman–Crippen LogP) is 1.87. The molecular weight excluding hydrogens is 397 g/mol. The van der Waals surface area contributed by atoms with Crippen molar-refractivity contribution in [2.24, 2.45) is 5.92 Å². The summed E-state index contributed by atoms with van der Waals surface area (Å²) in [4.78, 5) is 34.8. The zero-order valence-electron chi connectivity index (χ0n) is 15.3. The number of aromatic carboxylic acids is 1. The summed E-state index contributed by atoms with van der Waals surface area (Å²) in [6, 6.07) is 1.41. The number of anilines is 1. The molecule has 2 saturated heterocycles. The smallest absolute Gasteiger partial charge is 0.341 e. The van der Waals surface area contributed by atoms with Gasteiger partial charge in [-0.25, -0.2) is 19.2 Å². The van der Waals surface area contributed by atoms with Gasteiger partial charge in [-0.3, -0.25) is 9.36 Å². The van der Waals surface area contributed by atoms with Crippen molar-refractivity contribution in [2.45, 2.75) is 18.9 Å². The Morgan fingerprint density at radius 2 is 2.24 bits per heavy atom. The number of fused-ring (bicyclic) bond motifs is 2. The number of nitrogens with zero attached hydrogens (tertiary/aromatic N) is 4. The first-order chi connectivity index (χ1) is 14.0. The number of pyridine rings is 2. The lowest BCUT2D eigenvalue weighted by atomic mass is 9.94. The number of thiazole rings is 1. The molecule has 150 valence electrons. The number of piperidine rings is 1. The molecule has 0 amide bonds. The predicted molar refractivity (Wildman–Crippen MR) is 107 cm³/mol. The van der Waals surface area contributed by atoms with Crippen LogP contribution in [-0.2, 0) is 0 Å². The highest BCUT2D eigenvalue weighted by Gasteiger charge is 2.36. The standard InChI is InChI=1S/C19H18FN5O3S/c20-13-6-11-15(26)12(18(27)28)8-25(19-22-4-5-29-19)16(11)23-17(13)24-7-10-2-1-3-21-14(10)9-24/h4-6,8,10,14,21H,1-3,7,9H2,(H,27,28)/t10-,14+/m0/s1. The van der Waals surface area contributed by atoms with Crippen LogP contribution in [0.1, 0.15) is 23.2 Å². The fraction of sp³-hybridized carbons (Fsp3) is 0.368. The van der Waals surface area contributed by atoms with Crippen molar-refractivity contribution in [3.63, 3.8) is 0 Å². The van der Waals surface area contributed by atoms with Crippen molar-refractivity contribution in [1.82, 2.24) is 19.9 Å². The van der Waals surface area contributed by atoms with Crippen LogP contribution in [0, 0.1) is 11.7 Å². The number of halogens is 1. The maximum atomic E-state index is 15.0. The van der Waals surface area contributed by atoms with Gasteiger partial charge < -0.3 is 15.3 Å². The molecule has 3 aromatic rings. The minimum Gasteiger partial charge on any atom is -0.477 e. The molecule has 2 aliphatic rings. The van der Waals surface area contributed by atoms with Gasteiger partial charge in [0.05, 0.1) is 5.39 Å². The van der Waals surface area contributed by atoms with Crippen molar-refractivity contribution in [2.75, 3.05) is 24.5 Å². The van der Waals surface area contributed by atoms with E-state index in [1.807, 2.05) is 4.90 Å². The molecule has 3 aromatic heterocycles. The lowest BCUT2D eigenvalue weighted by molar-refractivity contribution is 0.0695. The van der Waals surface area contributed by atoms with E-state index in [2.05, 4.69) is 15.3 Å². The van der Waals surface area contributed by atoms with Crippen molar-refractivity contribution in [3.05, 3.63) is 45.4 Å². The van der Waals surface area contributed by atoms with Crippen LogP contribution in [0.4, 0.5) is 10.2 Å². The van der Waals surface area contributed by atoms with Crippen LogP contribution >= 0.6 is 11.3 Å². The summed E-state index contributed by atoms with van der Waals surface area (Å²) in [6.45, 7) is 2.31. The highest BCUT2D eigenvalue weighted by molar-refractivity contribution is 7.12. The van der Waals surface area contributed by atoms with Gasteiger partial charge in [-0.2, -0.15) is 0 Å². The van der Waals surface area contributed by atoms with Crippen molar-refractivity contribution in [3.8, 4) is 5.13 Å². The number of carbonyl (C=O) groups is 1. The summed E-state index contributed by atoms with van der Waals surface area (Å²) in [6.07, 6.45) is 4.98. The molecule has 10 heteroatoms. The molecule has 0 spiro atoms. The molecule has 0 aromatic carbocycles. The molecule has 2 atom stereocenters. The Labute approximate surface area is 168 Å². The highest BCUT2D eigenvalue weighted by atomic mass is 32.1. The third kappa shape index (κ3) is 2.99. The topological polar surface area (TPSA) is 100 Å². The molecular formula is C19H18FN5O3S. The van der Waals surface area contributed by atoms with Gasteiger partial charge in [-0.05, 0) is 31.4 Å². The van der Waals surface area contributed by atoms with Gasteiger partial charge in [-0.15, -0.1) is 11.3 Å². The van der Waals surface area contributed by atoms with E-state index >= 15 is 4.39 Å². The lowest BCUT2D eigenvalue weighted by Gasteiger charge is -2.24. The number of nitrogens with one attached hydrogen (secondary N) is 1. The van der Waals surface area contributed by atoms with E-state index in [0.29, 0.717) is 30.2 Å². The van der Waals surface area contributed by atoms with Gasteiger partial charge in [0.15, 0.2) is 22.4 Å². The zero-order valence-corrected chi connectivity index (χ0v) is 16.2. The van der Waals surface area contributed by atoms with E-state index in [1.165, 1.54) is 22.1 Å². The minimum atomic E-state index is -1.37. The van der Waals surface area contributed by atoms with Crippen LogP contribution in [0.2, 0.25) is 0 Å². The van der Waals surface area contributed by atoms with E-state index in [4.69, 9.17) is 0 Å². The summed E-state index contributed by atoms with van der Waals surface area (Å²) in [7, 11) is 0. The van der Waals surface area contributed by atoms with Gasteiger partial charge in [0.2, 0.25) is 5.43 Å². The van der Waals surface area contributed by atoms with Gasteiger partial charge in [-0.1, -0.05) is 0 Å². The number of hydrogen-bond donors (Lipinski definition) is 2. The van der Waals surface area contributed by atoms with E-state index in [1.54, 1.807) is 11.6 Å². The summed E-state index contributed by atoms with van der Waals surface area (Å²) in [5, 5.41) is 15.0. The highest BCUT2D eigenvalue weighted by Crippen LogP contribution is 2.31. The van der Waals surface area contributed by atoms with Gasteiger partial charge in [0.1, 0.15) is 5.56 Å². The maximum absolute atomic E-state index is 15.0. The molecule has 2 fully saturated rings. The summed E-state index contributed by atoms with van der Waals surface area (Å²) in [5.74, 6) is -1.37. The van der Waals surface area contributed by atoms with Crippen LogP contribution < -0.4 is 15.6 Å². The number of carboxylic acids is 1. The first-order valence-electron chi connectivity index (χ1n) is 9.40. The molecule has 0 radical (unpaired) electrons. The molecule has 5 rings (SSSR count). The second-order valence-corrected chi connectivity index (χ2v) is 8.27. The van der Waals surface area contributed by atoms with Crippen LogP contribution in [0.3, 0.4) is 0 Å². The van der Waals surface area contributed by atoms with Crippen molar-refractivity contribution >= 4 is 34.2 Å². The minimum absolute atomic E-state index is 0.0731. The second kappa shape index (κ2) is 6.89. The third-order valence-corrected chi connectivity index (χ3v) is 6.44. The Kier molecular flexibility index (Phi) is 4.32. The lowest BCUT2D eigenvalue weighted by Crippen LogP contribution is -2.40. The largest absolute Gasteiger partial charge is 0.477 e. The van der Waals surface area contributed by atoms with E-state index < -0.39 is 22.8 Å². The molecule has 29 heavy (non-hydrogen) atoms. The molecule has 0 unspecified atom stereocenters. The molecule has 0 aliphatic carbocycles. The van der Waals surface area contributed by atoms with Crippen molar-refractivity contribution < 1.29 is 14.3 Å². The fourth-order valence-electron chi connectivity index (χ4n) is 4.29. The summed E-state index contributed by atoms with van der Waals surface area (Å²) < 4.78 is 16.5. The molecule has 2 N–H and O–H groups in total. The average molecular weight is 415 g/mol. The Bertz CT molecular complexity index is 1150. The van der Waals surface area contributed by atoms with E-state index in [9.17, 15) is 14.7 Å². The zero-order chi connectivity index (χ0) is 20.1. The normalized spacial score (nSPS) is 21.5. The molecule has 0 bridgehead atoms. The number of aromatic nitrogens is 3. The summed E-state index contributed by atoms with van der Waals surface area (Å²) in [5.41, 5.74) is -0.998. The van der Waals surface area contributed by atoms with E-state index in [-0.39, 0.29) is 16.9 Å². The van der Waals surface area contributed by atoms with Crippen LogP contribution in [0.25, 0.3) is 16.2 Å². The molecule has 8 nitrogen and oxygen atoms in total. The molecule has 0 saturated carbocycles. The van der Waals surface area contributed by atoms with Crippen LogP contribution in [-0.4, -0.2) is 51.3 Å². The third-order valence-electron chi connectivity index (χ3n) is 5.67. The van der Waals surface area contributed by atoms with Crippen LogP contribution in [0.5, 0.6) is 0 Å². The van der Waals surface area contributed by atoms with Gasteiger partial charge >= 0.3 is 5.97 Å². The Balaban J connectivity index is 1.69. The van der Waals surface area contributed by atoms with E-state index in [0.717, 1.165) is 25.5 Å². The number of carboxylic acid groups (broad SMARTS) is 1. The number of rotatable bonds is 3. The maximum Gasteiger partial charge on any atom is 0.341 e.